The standard InChI is InChI=1S/C25H26N4O4S/c1-16(2)18-9-7-17(8-10-18)13-21-23(31)29(19-5-4-6-20(14-19)33-3)25(27-21)34-15-22(30)28-12-11-26-24(28)32/h4-10,13-14,16H,11-12,15H2,1-3H3,(H,26,32)/b21-13+. The fraction of sp³-hybridized carbons (Fsp3) is 0.280. The lowest BCUT2D eigenvalue weighted by molar-refractivity contribution is -0.124. The molecule has 2 heterocycles. The van der Waals surface area contributed by atoms with Crippen LogP contribution in [0.2, 0.25) is 0 Å². The molecule has 0 saturated carbocycles. The maximum atomic E-state index is 13.4. The number of nitrogens with one attached hydrogen (secondary N) is 1. The summed E-state index contributed by atoms with van der Waals surface area (Å²) in [5, 5.41) is 2.99. The number of nitrogens with zero attached hydrogens (tertiary/aromatic N) is 3. The number of anilines is 1. The molecular weight excluding hydrogens is 452 g/mol. The molecule has 4 amide bonds. The Morgan fingerprint density at radius 2 is 1.97 bits per heavy atom. The Kier molecular flexibility index (Phi) is 7.02. The lowest BCUT2D eigenvalue weighted by Gasteiger charge is -2.19. The third kappa shape index (κ3) is 4.99. The van der Waals surface area contributed by atoms with Gasteiger partial charge in [0.1, 0.15) is 11.4 Å². The average molecular weight is 479 g/mol. The molecule has 0 aliphatic carbocycles. The van der Waals surface area contributed by atoms with Gasteiger partial charge in [-0.05, 0) is 35.3 Å². The lowest BCUT2D eigenvalue weighted by atomic mass is 10.0. The van der Waals surface area contributed by atoms with E-state index in [9.17, 15) is 14.4 Å². The largest absolute Gasteiger partial charge is 0.497 e. The van der Waals surface area contributed by atoms with Crippen LogP contribution >= 0.6 is 11.8 Å². The maximum Gasteiger partial charge on any atom is 0.324 e. The highest BCUT2D eigenvalue weighted by molar-refractivity contribution is 8.14. The van der Waals surface area contributed by atoms with Crippen molar-refractivity contribution in [3.8, 4) is 5.75 Å². The quantitative estimate of drug-likeness (QED) is 0.637. The van der Waals surface area contributed by atoms with Crippen molar-refractivity contribution in [3.05, 3.63) is 65.4 Å². The van der Waals surface area contributed by atoms with E-state index in [-0.39, 0.29) is 23.3 Å². The highest BCUT2D eigenvalue weighted by atomic mass is 32.2. The number of hydrogen-bond donors (Lipinski definition) is 1. The normalized spacial score (nSPS) is 16.9. The highest BCUT2D eigenvalue weighted by Gasteiger charge is 2.34. The van der Waals surface area contributed by atoms with Gasteiger partial charge in [-0.1, -0.05) is 55.9 Å². The average Bonchev–Trinajstić information content (AvgIpc) is 3.40. The molecule has 1 N–H and O–H groups in total. The van der Waals surface area contributed by atoms with Crippen LogP contribution in [0.1, 0.15) is 30.9 Å². The molecular formula is C25H26N4O4S. The first-order valence-corrected chi connectivity index (χ1v) is 12.0. The minimum Gasteiger partial charge on any atom is -0.497 e. The van der Waals surface area contributed by atoms with Crippen molar-refractivity contribution in [3.63, 3.8) is 0 Å². The van der Waals surface area contributed by atoms with Crippen LogP contribution in [-0.4, -0.2) is 53.9 Å². The van der Waals surface area contributed by atoms with Gasteiger partial charge in [0.25, 0.3) is 5.91 Å². The fourth-order valence-corrected chi connectivity index (χ4v) is 4.51. The number of imide groups is 1. The molecule has 0 bridgehead atoms. The summed E-state index contributed by atoms with van der Waals surface area (Å²) in [7, 11) is 1.56. The number of benzene rings is 2. The van der Waals surface area contributed by atoms with Crippen molar-refractivity contribution < 1.29 is 19.1 Å². The lowest BCUT2D eigenvalue weighted by Crippen LogP contribution is -2.36. The van der Waals surface area contributed by atoms with Crippen molar-refractivity contribution in [2.24, 2.45) is 4.99 Å². The highest BCUT2D eigenvalue weighted by Crippen LogP contribution is 2.31. The second kappa shape index (κ2) is 10.1. The van der Waals surface area contributed by atoms with E-state index in [0.29, 0.717) is 35.6 Å². The molecule has 9 heteroatoms. The predicted octanol–water partition coefficient (Wildman–Crippen LogP) is 3.85. The molecule has 0 atom stereocenters. The van der Waals surface area contributed by atoms with E-state index in [1.54, 1.807) is 37.5 Å². The van der Waals surface area contributed by atoms with Gasteiger partial charge in [0, 0.05) is 19.2 Å². The number of ether oxygens (including phenoxy) is 1. The zero-order chi connectivity index (χ0) is 24.2. The van der Waals surface area contributed by atoms with Gasteiger partial charge in [0.15, 0.2) is 5.17 Å². The second-order valence-electron chi connectivity index (χ2n) is 8.15. The summed E-state index contributed by atoms with van der Waals surface area (Å²) in [4.78, 5) is 44.9. The minimum absolute atomic E-state index is 0.0175. The van der Waals surface area contributed by atoms with Gasteiger partial charge >= 0.3 is 6.03 Å². The molecule has 1 fully saturated rings. The number of aliphatic imine (C=N–C) groups is 1. The molecule has 0 spiro atoms. The van der Waals surface area contributed by atoms with Crippen molar-refractivity contribution >= 4 is 46.5 Å². The SMILES string of the molecule is COc1cccc(N2C(=O)/C(=C\c3ccc(C(C)C)cc3)N=C2SCC(=O)N2CCNC2=O)c1. The molecule has 0 unspecified atom stereocenters. The van der Waals surface area contributed by atoms with Gasteiger partial charge < -0.3 is 10.1 Å². The van der Waals surface area contributed by atoms with Crippen LogP contribution in [0.4, 0.5) is 10.5 Å². The monoisotopic (exact) mass is 478 g/mol. The summed E-state index contributed by atoms with van der Waals surface area (Å²) in [6, 6.07) is 14.7. The fourth-order valence-electron chi connectivity index (χ4n) is 3.62. The second-order valence-corrected chi connectivity index (χ2v) is 9.10. The van der Waals surface area contributed by atoms with E-state index in [4.69, 9.17) is 4.74 Å². The minimum atomic E-state index is -0.398. The van der Waals surface area contributed by atoms with Crippen LogP contribution in [0.5, 0.6) is 5.75 Å². The molecule has 34 heavy (non-hydrogen) atoms. The summed E-state index contributed by atoms with van der Waals surface area (Å²) in [5.41, 5.74) is 2.93. The number of amides is 4. The van der Waals surface area contributed by atoms with Gasteiger partial charge in [-0.3, -0.25) is 19.4 Å². The van der Waals surface area contributed by atoms with Crippen LogP contribution in [0.15, 0.2) is 59.2 Å². The smallest absolute Gasteiger partial charge is 0.324 e. The molecule has 2 aliphatic rings. The Hall–Kier alpha value is -3.59. The van der Waals surface area contributed by atoms with Gasteiger partial charge in [-0.15, -0.1) is 0 Å². The Bertz CT molecular complexity index is 1170. The zero-order valence-electron chi connectivity index (χ0n) is 19.3. The number of thioether (sulfide) groups is 1. The van der Waals surface area contributed by atoms with Gasteiger partial charge in [-0.2, -0.15) is 0 Å². The summed E-state index contributed by atoms with van der Waals surface area (Å²) >= 11 is 1.12. The van der Waals surface area contributed by atoms with E-state index >= 15 is 0 Å². The number of rotatable bonds is 6. The molecule has 8 nitrogen and oxygen atoms in total. The third-order valence-corrected chi connectivity index (χ3v) is 6.45. The molecule has 0 radical (unpaired) electrons. The molecule has 0 aromatic heterocycles. The molecule has 1 saturated heterocycles. The van der Waals surface area contributed by atoms with E-state index in [0.717, 1.165) is 17.3 Å². The van der Waals surface area contributed by atoms with Gasteiger partial charge in [0.05, 0.1) is 18.6 Å². The van der Waals surface area contributed by atoms with Crippen LogP contribution in [-0.2, 0) is 9.59 Å². The number of carbonyl (C=O) groups excluding carboxylic acids is 3. The summed E-state index contributed by atoms with van der Waals surface area (Å²) in [5.74, 6) is 0.365. The molecule has 2 aromatic carbocycles. The zero-order valence-corrected chi connectivity index (χ0v) is 20.1. The van der Waals surface area contributed by atoms with Crippen molar-refractivity contribution in [2.75, 3.05) is 30.9 Å². The number of hydrogen-bond acceptors (Lipinski definition) is 6. The first kappa shape index (κ1) is 23.6. The Labute approximate surface area is 202 Å². The number of methoxy groups -OCH3 is 1. The molecule has 2 aromatic rings. The van der Waals surface area contributed by atoms with Crippen LogP contribution in [0.3, 0.4) is 0 Å². The Morgan fingerprint density at radius 1 is 1.21 bits per heavy atom. The topological polar surface area (TPSA) is 91.3 Å². The maximum absolute atomic E-state index is 13.4. The van der Waals surface area contributed by atoms with Crippen molar-refractivity contribution in [2.45, 2.75) is 19.8 Å². The van der Waals surface area contributed by atoms with Crippen LogP contribution in [0, 0.1) is 0 Å². The van der Waals surface area contributed by atoms with Gasteiger partial charge in [0.2, 0.25) is 5.91 Å². The van der Waals surface area contributed by atoms with Crippen LogP contribution in [0.25, 0.3) is 6.08 Å². The number of carbonyl (C=O) groups is 3. The summed E-state index contributed by atoms with van der Waals surface area (Å²) in [6.45, 7) is 5.02. The first-order valence-electron chi connectivity index (χ1n) is 11.0. The van der Waals surface area contributed by atoms with Gasteiger partial charge in [-0.25, -0.2) is 9.79 Å². The summed E-state index contributed by atoms with van der Waals surface area (Å²) in [6.07, 6.45) is 1.74. The van der Waals surface area contributed by atoms with E-state index < -0.39 is 6.03 Å². The molecule has 2 aliphatic heterocycles. The van der Waals surface area contributed by atoms with Crippen molar-refractivity contribution in [1.82, 2.24) is 10.2 Å². The van der Waals surface area contributed by atoms with Crippen molar-refractivity contribution in [1.29, 1.82) is 0 Å². The van der Waals surface area contributed by atoms with E-state index in [1.165, 1.54) is 15.4 Å². The summed E-state index contributed by atoms with van der Waals surface area (Å²) < 4.78 is 5.31. The predicted molar refractivity (Wildman–Crippen MR) is 134 cm³/mol. The third-order valence-electron chi connectivity index (χ3n) is 5.53. The molecule has 4 rings (SSSR count). The van der Waals surface area contributed by atoms with Crippen LogP contribution < -0.4 is 15.0 Å². The van der Waals surface area contributed by atoms with E-state index in [2.05, 4.69) is 24.2 Å². The Morgan fingerprint density at radius 3 is 2.62 bits per heavy atom. The Balaban J connectivity index is 1.62. The van der Waals surface area contributed by atoms with E-state index in [1.807, 2.05) is 24.3 Å². The number of amidine groups is 1. The number of urea groups is 1. The molecule has 176 valence electrons. The first-order chi connectivity index (χ1) is 16.4.